The summed E-state index contributed by atoms with van der Waals surface area (Å²) < 4.78 is 5.43. The van der Waals surface area contributed by atoms with Crippen LogP contribution in [0, 0.1) is 6.92 Å². The fourth-order valence-electron chi connectivity index (χ4n) is 1.80. The molecule has 0 amide bonds. The summed E-state index contributed by atoms with van der Waals surface area (Å²) in [6, 6.07) is 6.32. The number of nitrogens with one attached hydrogen (secondary N) is 1. The molecular formula is C11H15Cl2NO. The molecule has 1 aliphatic heterocycles. The predicted molar refractivity (Wildman–Crippen MR) is 65.0 cm³/mol. The van der Waals surface area contributed by atoms with Gasteiger partial charge in [-0.25, -0.2) is 0 Å². The highest BCUT2D eigenvalue weighted by Crippen LogP contribution is 2.22. The summed E-state index contributed by atoms with van der Waals surface area (Å²) in [7, 11) is 0. The lowest BCUT2D eigenvalue weighted by atomic mass is 10.0. The minimum Gasteiger partial charge on any atom is -0.378 e. The maximum atomic E-state index is 5.90. The van der Waals surface area contributed by atoms with Gasteiger partial charge in [0.1, 0.15) is 0 Å². The SMILES string of the molecule is Cc1cc(Cl)ccc1[C@@H]1COCCN1.Cl. The zero-order valence-electron chi connectivity index (χ0n) is 8.63. The van der Waals surface area contributed by atoms with Crippen LogP contribution >= 0.6 is 24.0 Å². The van der Waals surface area contributed by atoms with E-state index >= 15 is 0 Å². The molecule has 0 spiro atoms. The normalized spacial score (nSPS) is 20.8. The first-order chi connectivity index (χ1) is 6.77. The summed E-state index contributed by atoms with van der Waals surface area (Å²) in [5, 5.41) is 4.22. The van der Waals surface area contributed by atoms with E-state index in [1.807, 2.05) is 12.1 Å². The van der Waals surface area contributed by atoms with Crippen LogP contribution in [0.2, 0.25) is 5.02 Å². The Morgan fingerprint density at radius 3 is 2.87 bits per heavy atom. The molecule has 0 aliphatic carbocycles. The summed E-state index contributed by atoms with van der Waals surface area (Å²) in [5.74, 6) is 0. The quantitative estimate of drug-likeness (QED) is 0.825. The number of hydrogen-bond donors (Lipinski definition) is 1. The van der Waals surface area contributed by atoms with Gasteiger partial charge in [0.2, 0.25) is 0 Å². The maximum absolute atomic E-state index is 5.90. The van der Waals surface area contributed by atoms with Gasteiger partial charge in [-0.3, -0.25) is 0 Å². The van der Waals surface area contributed by atoms with Crippen LogP contribution in [0.15, 0.2) is 18.2 Å². The molecule has 1 saturated heterocycles. The second-order valence-corrected chi connectivity index (χ2v) is 4.02. The highest BCUT2D eigenvalue weighted by molar-refractivity contribution is 6.30. The summed E-state index contributed by atoms with van der Waals surface area (Å²) in [5.41, 5.74) is 2.51. The Bertz CT molecular complexity index is 324. The summed E-state index contributed by atoms with van der Waals surface area (Å²) in [6.07, 6.45) is 0. The molecule has 0 unspecified atom stereocenters. The number of halogens is 2. The second-order valence-electron chi connectivity index (χ2n) is 3.58. The van der Waals surface area contributed by atoms with E-state index in [0.29, 0.717) is 6.04 Å². The minimum atomic E-state index is 0. The molecule has 1 fully saturated rings. The fraction of sp³-hybridized carbons (Fsp3) is 0.455. The first-order valence-corrected chi connectivity index (χ1v) is 5.22. The van der Waals surface area contributed by atoms with Gasteiger partial charge in [-0.1, -0.05) is 17.7 Å². The molecule has 2 rings (SSSR count). The smallest absolute Gasteiger partial charge is 0.0662 e. The van der Waals surface area contributed by atoms with Crippen molar-refractivity contribution >= 4 is 24.0 Å². The highest BCUT2D eigenvalue weighted by Gasteiger charge is 2.16. The van der Waals surface area contributed by atoms with Gasteiger partial charge in [-0.15, -0.1) is 12.4 Å². The maximum Gasteiger partial charge on any atom is 0.0662 e. The topological polar surface area (TPSA) is 21.3 Å². The minimum absolute atomic E-state index is 0. The third-order valence-electron chi connectivity index (χ3n) is 2.53. The first-order valence-electron chi connectivity index (χ1n) is 4.84. The van der Waals surface area contributed by atoms with Crippen LogP contribution in [-0.2, 0) is 4.74 Å². The molecule has 2 nitrogen and oxygen atoms in total. The van der Waals surface area contributed by atoms with Crippen molar-refractivity contribution in [2.45, 2.75) is 13.0 Å². The molecule has 1 aromatic rings. The Kier molecular flexibility index (Phi) is 4.87. The molecule has 1 aliphatic rings. The van der Waals surface area contributed by atoms with E-state index in [0.717, 1.165) is 24.8 Å². The van der Waals surface area contributed by atoms with Crippen LogP contribution < -0.4 is 5.32 Å². The third-order valence-corrected chi connectivity index (χ3v) is 2.76. The van der Waals surface area contributed by atoms with Gasteiger partial charge in [0, 0.05) is 11.6 Å². The van der Waals surface area contributed by atoms with Crippen molar-refractivity contribution in [3.05, 3.63) is 34.3 Å². The van der Waals surface area contributed by atoms with E-state index in [1.54, 1.807) is 0 Å². The third kappa shape index (κ3) is 3.08. The van der Waals surface area contributed by atoms with Crippen molar-refractivity contribution in [3.8, 4) is 0 Å². The van der Waals surface area contributed by atoms with Crippen LogP contribution in [0.25, 0.3) is 0 Å². The zero-order chi connectivity index (χ0) is 9.97. The van der Waals surface area contributed by atoms with Crippen molar-refractivity contribution in [1.29, 1.82) is 0 Å². The summed E-state index contributed by atoms with van der Waals surface area (Å²) in [4.78, 5) is 0. The number of ether oxygens (including phenoxy) is 1. The van der Waals surface area contributed by atoms with E-state index in [1.165, 1.54) is 11.1 Å². The van der Waals surface area contributed by atoms with Crippen molar-refractivity contribution in [2.75, 3.05) is 19.8 Å². The molecule has 0 saturated carbocycles. The Balaban J connectivity index is 0.00000112. The Labute approximate surface area is 101 Å². The van der Waals surface area contributed by atoms with Gasteiger partial charge in [0.05, 0.1) is 19.3 Å². The van der Waals surface area contributed by atoms with E-state index in [2.05, 4.69) is 18.3 Å². The van der Waals surface area contributed by atoms with E-state index in [-0.39, 0.29) is 12.4 Å². The van der Waals surface area contributed by atoms with Gasteiger partial charge in [-0.05, 0) is 30.2 Å². The van der Waals surface area contributed by atoms with Crippen molar-refractivity contribution in [2.24, 2.45) is 0 Å². The number of aryl methyl sites for hydroxylation is 1. The molecule has 0 aromatic heterocycles. The van der Waals surface area contributed by atoms with Crippen LogP contribution in [0.3, 0.4) is 0 Å². The molecule has 4 heteroatoms. The first kappa shape index (κ1) is 12.8. The second kappa shape index (κ2) is 5.71. The van der Waals surface area contributed by atoms with Crippen molar-refractivity contribution < 1.29 is 4.74 Å². The lowest BCUT2D eigenvalue weighted by molar-refractivity contribution is 0.0767. The number of hydrogen-bond acceptors (Lipinski definition) is 2. The van der Waals surface area contributed by atoms with Crippen LogP contribution in [0.4, 0.5) is 0 Å². The lowest BCUT2D eigenvalue weighted by Crippen LogP contribution is -2.34. The molecule has 1 aromatic carbocycles. The van der Waals surface area contributed by atoms with Gasteiger partial charge in [-0.2, -0.15) is 0 Å². The number of morpholine rings is 1. The molecule has 84 valence electrons. The van der Waals surface area contributed by atoms with Gasteiger partial charge in [0.25, 0.3) is 0 Å². The highest BCUT2D eigenvalue weighted by atomic mass is 35.5. The molecule has 1 N–H and O–H groups in total. The molecule has 0 radical (unpaired) electrons. The Hall–Kier alpha value is -0.280. The molecule has 1 atom stereocenters. The molecule has 1 heterocycles. The van der Waals surface area contributed by atoms with Crippen LogP contribution in [0.1, 0.15) is 17.2 Å². The van der Waals surface area contributed by atoms with E-state index < -0.39 is 0 Å². The molecule has 0 bridgehead atoms. The fourth-order valence-corrected chi connectivity index (χ4v) is 2.02. The molecular weight excluding hydrogens is 233 g/mol. The van der Waals surface area contributed by atoms with Crippen molar-refractivity contribution in [3.63, 3.8) is 0 Å². The van der Waals surface area contributed by atoms with E-state index in [9.17, 15) is 0 Å². The van der Waals surface area contributed by atoms with Crippen LogP contribution in [-0.4, -0.2) is 19.8 Å². The van der Waals surface area contributed by atoms with E-state index in [4.69, 9.17) is 16.3 Å². The predicted octanol–water partition coefficient (Wildman–Crippen LogP) is 2.73. The van der Waals surface area contributed by atoms with Crippen LogP contribution in [0.5, 0.6) is 0 Å². The van der Waals surface area contributed by atoms with Crippen molar-refractivity contribution in [1.82, 2.24) is 5.32 Å². The average Bonchev–Trinajstić information content (AvgIpc) is 2.19. The monoisotopic (exact) mass is 247 g/mol. The number of rotatable bonds is 1. The van der Waals surface area contributed by atoms with Gasteiger partial charge < -0.3 is 10.1 Å². The van der Waals surface area contributed by atoms with Gasteiger partial charge >= 0.3 is 0 Å². The summed E-state index contributed by atoms with van der Waals surface area (Å²) in [6.45, 7) is 4.57. The number of benzene rings is 1. The van der Waals surface area contributed by atoms with Gasteiger partial charge in [0.15, 0.2) is 0 Å². The molecule has 15 heavy (non-hydrogen) atoms. The Morgan fingerprint density at radius 2 is 2.27 bits per heavy atom. The standard InChI is InChI=1S/C11H14ClNO.ClH/c1-8-6-9(12)2-3-10(8)11-7-14-5-4-13-11;/h2-3,6,11,13H,4-5,7H2,1H3;1H/t11-;/m0./s1. The average molecular weight is 248 g/mol. The Morgan fingerprint density at radius 1 is 1.47 bits per heavy atom. The lowest BCUT2D eigenvalue weighted by Gasteiger charge is -2.25. The summed E-state index contributed by atoms with van der Waals surface area (Å²) >= 11 is 5.90. The largest absolute Gasteiger partial charge is 0.378 e. The zero-order valence-corrected chi connectivity index (χ0v) is 10.2.